The number of hydrogen-bond acceptors (Lipinski definition) is 2. The fraction of sp³-hybridized carbons (Fsp3) is 0.294. The van der Waals surface area contributed by atoms with Crippen LogP contribution in [-0.2, 0) is 4.79 Å². The van der Waals surface area contributed by atoms with E-state index in [0.29, 0.717) is 12.0 Å². The van der Waals surface area contributed by atoms with Gasteiger partial charge in [0.05, 0.1) is 0 Å². The van der Waals surface area contributed by atoms with Gasteiger partial charge in [0.25, 0.3) is 0 Å². The number of benzene rings is 1. The first-order valence-electron chi connectivity index (χ1n) is 7.03. The second-order valence-corrected chi connectivity index (χ2v) is 6.77. The van der Waals surface area contributed by atoms with Gasteiger partial charge in [-0.3, -0.25) is 9.59 Å². The van der Waals surface area contributed by atoms with E-state index in [1.165, 1.54) is 4.90 Å². The average Bonchev–Trinajstić information content (AvgIpc) is 3.01. The molecule has 0 amide bonds. The Hall–Kier alpha value is -1.61. The first-order chi connectivity index (χ1) is 9.72. The number of carbonyl (C=O) groups is 2. The molecule has 3 heteroatoms. The third kappa shape index (κ3) is 3.70. The van der Waals surface area contributed by atoms with Crippen LogP contribution in [0, 0.1) is 0 Å². The van der Waals surface area contributed by atoms with Crippen LogP contribution in [0.1, 0.15) is 43.0 Å². The van der Waals surface area contributed by atoms with Crippen molar-refractivity contribution in [3.8, 4) is 0 Å². The second-order valence-electron chi connectivity index (χ2n) is 4.85. The number of carbonyl (C=O) groups excluding carboxylic acids is 2. The predicted molar refractivity (Wildman–Crippen MR) is 85.5 cm³/mol. The molecule has 20 heavy (non-hydrogen) atoms. The summed E-state index contributed by atoms with van der Waals surface area (Å²) in [6, 6.07) is 7.46. The molecule has 0 saturated carbocycles. The Labute approximate surface area is 122 Å². The van der Waals surface area contributed by atoms with Gasteiger partial charge in [-0.2, -0.15) is 10.9 Å². The quantitative estimate of drug-likeness (QED) is 0.349. The summed E-state index contributed by atoms with van der Waals surface area (Å²) in [7, 11) is -0.356. The van der Waals surface area contributed by atoms with E-state index in [4.69, 9.17) is 0 Å². The number of rotatable bonds is 7. The molecular weight excluding hydrogens is 268 g/mol. The van der Waals surface area contributed by atoms with Crippen molar-refractivity contribution < 1.29 is 9.59 Å². The number of Topliss-reactive ketones (excluding diaryl/α,β-unsaturated/α-hetero) is 2. The lowest BCUT2D eigenvalue weighted by molar-refractivity contribution is -0.115. The summed E-state index contributed by atoms with van der Waals surface area (Å²) in [5.74, 6) is -0.615. The van der Waals surface area contributed by atoms with Crippen LogP contribution in [0.4, 0.5) is 0 Å². The lowest BCUT2D eigenvalue weighted by atomic mass is 10.0. The minimum Gasteiger partial charge on any atom is -0.290 e. The van der Waals surface area contributed by atoms with Gasteiger partial charge in [0.2, 0.25) is 11.6 Å². The average molecular weight is 288 g/mol. The third-order valence-electron chi connectivity index (χ3n) is 3.29. The van der Waals surface area contributed by atoms with E-state index in [2.05, 4.69) is 17.7 Å². The van der Waals surface area contributed by atoms with Crippen molar-refractivity contribution in [2.45, 2.75) is 37.5 Å². The van der Waals surface area contributed by atoms with Gasteiger partial charge in [-0.15, -0.1) is 0 Å². The van der Waals surface area contributed by atoms with Gasteiger partial charge in [0, 0.05) is 12.0 Å². The van der Waals surface area contributed by atoms with Crippen molar-refractivity contribution in [3.63, 3.8) is 0 Å². The van der Waals surface area contributed by atoms with E-state index in [1.807, 2.05) is 24.3 Å². The zero-order valence-electron chi connectivity index (χ0n) is 11.7. The minimum atomic E-state index is -0.356. The van der Waals surface area contributed by atoms with Gasteiger partial charge >= 0.3 is 0 Å². The molecule has 0 aliphatic carbocycles. The molecular formula is C17H20O2S. The second kappa shape index (κ2) is 7.25. The Morgan fingerprint density at radius 3 is 2.25 bits per heavy atom. The van der Waals surface area contributed by atoms with Crippen LogP contribution in [0.15, 0.2) is 52.1 Å². The van der Waals surface area contributed by atoms with Crippen LogP contribution in [0.3, 0.4) is 0 Å². The molecule has 0 unspecified atom stereocenters. The summed E-state index contributed by atoms with van der Waals surface area (Å²) in [6.45, 7) is 2.08. The molecule has 1 heterocycles. The van der Waals surface area contributed by atoms with Crippen molar-refractivity contribution in [1.29, 1.82) is 0 Å². The summed E-state index contributed by atoms with van der Waals surface area (Å²) in [6.07, 6.45) is 7.32. The maximum Gasteiger partial charge on any atom is 0.228 e. The van der Waals surface area contributed by atoms with Crippen molar-refractivity contribution in [2.24, 2.45) is 0 Å². The summed E-state index contributed by atoms with van der Waals surface area (Å²) in [4.78, 5) is 25.0. The van der Waals surface area contributed by atoms with Gasteiger partial charge in [-0.05, 0) is 46.4 Å². The summed E-state index contributed by atoms with van der Waals surface area (Å²) in [5, 5.41) is 4.34. The molecule has 1 aliphatic rings. The topological polar surface area (TPSA) is 34.1 Å². The van der Waals surface area contributed by atoms with Gasteiger partial charge < -0.3 is 0 Å². The van der Waals surface area contributed by atoms with E-state index >= 15 is 0 Å². The zero-order valence-corrected chi connectivity index (χ0v) is 12.6. The SMILES string of the molecule is CCCCCC(=O)C(=O)c1ccc([SH]2C=CC=C2)cc1. The molecule has 0 atom stereocenters. The minimum absolute atomic E-state index is 0.266. The Bertz CT molecular complexity index is 529. The van der Waals surface area contributed by atoms with Crippen molar-refractivity contribution in [2.75, 3.05) is 0 Å². The Kier molecular flexibility index (Phi) is 5.36. The lowest BCUT2D eigenvalue weighted by Gasteiger charge is -2.10. The molecule has 0 saturated heterocycles. The zero-order chi connectivity index (χ0) is 14.4. The highest BCUT2D eigenvalue weighted by atomic mass is 32.2. The highest BCUT2D eigenvalue weighted by molar-refractivity contribution is 8.22. The molecule has 2 rings (SSSR count). The van der Waals surface area contributed by atoms with Gasteiger partial charge in [0.15, 0.2) is 0 Å². The van der Waals surface area contributed by atoms with Crippen molar-refractivity contribution in [1.82, 2.24) is 0 Å². The Morgan fingerprint density at radius 2 is 1.65 bits per heavy atom. The molecule has 106 valence electrons. The molecule has 1 aromatic rings. The molecule has 1 aliphatic heterocycles. The molecule has 0 bridgehead atoms. The lowest BCUT2D eigenvalue weighted by Crippen LogP contribution is -2.13. The maximum atomic E-state index is 12.0. The fourth-order valence-corrected chi connectivity index (χ4v) is 3.61. The van der Waals surface area contributed by atoms with E-state index in [-0.39, 0.29) is 22.5 Å². The molecule has 0 spiro atoms. The Balaban J connectivity index is 1.98. The summed E-state index contributed by atoms with van der Waals surface area (Å²) in [5.41, 5.74) is 0.511. The van der Waals surface area contributed by atoms with Crippen molar-refractivity contribution >= 4 is 22.5 Å². The van der Waals surface area contributed by atoms with Crippen LogP contribution < -0.4 is 0 Å². The largest absolute Gasteiger partial charge is 0.290 e. The Morgan fingerprint density at radius 1 is 1.00 bits per heavy atom. The first-order valence-corrected chi connectivity index (χ1v) is 8.51. The molecule has 0 aromatic heterocycles. The summed E-state index contributed by atoms with van der Waals surface area (Å²) < 4.78 is 0. The van der Waals surface area contributed by atoms with Crippen molar-refractivity contribution in [3.05, 3.63) is 52.8 Å². The molecule has 1 aromatic carbocycles. The van der Waals surface area contributed by atoms with Crippen LogP contribution in [0.25, 0.3) is 0 Å². The van der Waals surface area contributed by atoms with Gasteiger partial charge in [-0.25, -0.2) is 0 Å². The molecule has 0 radical (unpaired) electrons. The van der Waals surface area contributed by atoms with Gasteiger partial charge in [0.1, 0.15) is 0 Å². The first kappa shape index (κ1) is 14.8. The van der Waals surface area contributed by atoms with Crippen LogP contribution >= 0.6 is 10.9 Å². The fourth-order valence-electron chi connectivity index (χ4n) is 2.10. The van der Waals surface area contributed by atoms with Crippen LogP contribution in [0.5, 0.6) is 0 Å². The third-order valence-corrected chi connectivity index (χ3v) is 5.17. The number of unbranched alkanes of at least 4 members (excludes halogenated alkanes) is 2. The molecule has 2 nitrogen and oxygen atoms in total. The molecule has 0 N–H and O–H groups in total. The molecule has 0 fully saturated rings. The maximum absolute atomic E-state index is 12.0. The van der Waals surface area contributed by atoms with Crippen LogP contribution in [0.2, 0.25) is 0 Å². The highest BCUT2D eigenvalue weighted by Gasteiger charge is 2.15. The predicted octanol–water partition coefficient (Wildman–Crippen LogP) is 4.42. The van der Waals surface area contributed by atoms with Crippen LogP contribution in [-0.4, -0.2) is 11.6 Å². The monoisotopic (exact) mass is 288 g/mol. The van der Waals surface area contributed by atoms with E-state index in [0.717, 1.165) is 19.3 Å². The van der Waals surface area contributed by atoms with E-state index in [1.54, 1.807) is 12.1 Å². The standard InChI is InChI=1S/C17H20O2S/c1-2-3-4-7-16(18)17(19)14-8-10-15(11-9-14)20-12-5-6-13-20/h5-6,8-13,20H,2-4,7H2,1H3. The van der Waals surface area contributed by atoms with Gasteiger partial charge in [-0.1, -0.05) is 31.9 Å². The summed E-state index contributed by atoms with van der Waals surface area (Å²) >= 11 is 0. The van der Waals surface area contributed by atoms with E-state index < -0.39 is 0 Å². The highest BCUT2D eigenvalue weighted by Crippen LogP contribution is 2.41. The number of hydrogen-bond donors (Lipinski definition) is 1. The number of thiol groups is 1. The normalized spacial score (nSPS) is 14.8. The van der Waals surface area contributed by atoms with E-state index in [9.17, 15) is 9.59 Å². The number of ketones is 2. The number of allylic oxidation sites excluding steroid dienone is 2. The smallest absolute Gasteiger partial charge is 0.228 e.